The number of rotatable bonds is 6. The summed E-state index contributed by atoms with van der Waals surface area (Å²) in [5.41, 5.74) is 3.25. The fourth-order valence-electron chi connectivity index (χ4n) is 2.90. The van der Waals surface area contributed by atoms with E-state index in [1.165, 1.54) is 5.56 Å². The third kappa shape index (κ3) is 3.43. The Morgan fingerprint density at radius 1 is 1.12 bits per heavy atom. The summed E-state index contributed by atoms with van der Waals surface area (Å²) in [5, 5.41) is 1.03. The van der Waals surface area contributed by atoms with Crippen LogP contribution in [0.3, 0.4) is 0 Å². The number of hydrogen-bond donors (Lipinski definition) is 0. The van der Waals surface area contributed by atoms with Crippen molar-refractivity contribution in [2.24, 2.45) is 0 Å². The zero-order valence-corrected chi connectivity index (χ0v) is 14.0. The molecule has 3 rings (SSSR count). The van der Waals surface area contributed by atoms with Crippen molar-refractivity contribution in [3.63, 3.8) is 0 Å². The van der Waals surface area contributed by atoms with Crippen molar-refractivity contribution in [3.05, 3.63) is 65.9 Å². The zero-order valence-electron chi connectivity index (χ0n) is 14.0. The van der Waals surface area contributed by atoms with Gasteiger partial charge in [0.25, 0.3) is 0 Å². The van der Waals surface area contributed by atoms with Crippen LogP contribution >= 0.6 is 0 Å². The Morgan fingerprint density at radius 2 is 1.92 bits per heavy atom. The maximum atomic E-state index is 11.9. The van der Waals surface area contributed by atoms with Crippen molar-refractivity contribution in [1.82, 2.24) is 4.57 Å². The molecule has 0 radical (unpaired) electrons. The van der Waals surface area contributed by atoms with Gasteiger partial charge in [0.15, 0.2) is 0 Å². The molecule has 3 aromatic rings. The largest absolute Gasteiger partial charge is 0.497 e. The summed E-state index contributed by atoms with van der Waals surface area (Å²) in [6, 6.07) is 16.2. The minimum Gasteiger partial charge on any atom is -0.497 e. The molecule has 0 N–H and O–H groups in total. The molecular weight excluding hydrogens is 302 g/mol. The number of fused-ring (bicyclic) bond motifs is 1. The quantitative estimate of drug-likeness (QED) is 0.648. The molecule has 0 fully saturated rings. The molecular formula is C20H21NO3. The number of carbonyl (C=O) groups is 1. The van der Waals surface area contributed by atoms with E-state index in [-0.39, 0.29) is 12.4 Å². The van der Waals surface area contributed by atoms with E-state index in [1.54, 1.807) is 7.11 Å². The van der Waals surface area contributed by atoms with Gasteiger partial charge in [0.2, 0.25) is 0 Å². The third-order valence-electron chi connectivity index (χ3n) is 4.01. The van der Waals surface area contributed by atoms with Crippen LogP contribution in [0.1, 0.15) is 18.1 Å². The van der Waals surface area contributed by atoms with Crippen molar-refractivity contribution >= 4 is 16.9 Å². The van der Waals surface area contributed by atoms with E-state index in [0.717, 1.165) is 28.8 Å². The molecule has 0 aliphatic heterocycles. The highest BCUT2D eigenvalue weighted by molar-refractivity contribution is 5.89. The van der Waals surface area contributed by atoms with Gasteiger partial charge in [-0.3, -0.25) is 4.79 Å². The maximum absolute atomic E-state index is 11.9. The Balaban J connectivity index is 2.01. The molecule has 0 bridgehead atoms. The van der Waals surface area contributed by atoms with Gasteiger partial charge in [-0.2, -0.15) is 0 Å². The second kappa shape index (κ2) is 7.21. The number of hydrogen-bond acceptors (Lipinski definition) is 3. The first-order chi connectivity index (χ1) is 11.7. The van der Waals surface area contributed by atoms with Gasteiger partial charge in [0.1, 0.15) is 5.75 Å². The van der Waals surface area contributed by atoms with E-state index >= 15 is 0 Å². The number of methoxy groups -OCH3 is 1. The smallest absolute Gasteiger partial charge is 0.310 e. The topological polar surface area (TPSA) is 40.5 Å². The average molecular weight is 323 g/mol. The van der Waals surface area contributed by atoms with Crippen LogP contribution in [0.2, 0.25) is 0 Å². The molecule has 4 nitrogen and oxygen atoms in total. The van der Waals surface area contributed by atoms with E-state index in [2.05, 4.69) is 16.7 Å². The van der Waals surface area contributed by atoms with Gasteiger partial charge in [-0.1, -0.05) is 30.3 Å². The van der Waals surface area contributed by atoms with Crippen LogP contribution in [0.4, 0.5) is 0 Å². The van der Waals surface area contributed by atoms with Crippen molar-refractivity contribution in [1.29, 1.82) is 0 Å². The molecule has 0 amide bonds. The second-order valence-electron chi connectivity index (χ2n) is 5.63. The molecule has 1 aromatic heterocycles. The predicted octanol–water partition coefficient (Wildman–Crippen LogP) is 3.80. The summed E-state index contributed by atoms with van der Waals surface area (Å²) in [4.78, 5) is 11.9. The Bertz CT molecular complexity index is 837. The van der Waals surface area contributed by atoms with Crippen LogP contribution in [-0.2, 0) is 22.5 Å². The van der Waals surface area contributed by atoms with Gasteiger partial charge in [0.05, 0.1) is 20.1 Å². The van der Waals surface area contributed by atoms with Crippen LogP contribution < -0.4 is 4.74 Å². The van der Waals surface area contributed by atoms with Gasteiger partial charge in [-0.05, 0) is 36.2 Å². The Labute approximate surface area is 141 Å². The van der Waals surface area contributed by atoms with Gasteiger partial charge in [-0.15, -0.1) is 0 Å². The fraction of sp³-hybridized carbons (Fsp3) is 0.250. The van der Waals surface area contributed by atoms with Crippen LogP contribution in [0.25, 0.3) is 10.9 Å². The van der Waals surface area contributed by atoms with Crippen molar-refractivity contribution in [2.45, 2.75) is 19.9 Å². The predicted molar refractivity (Wildman–Crippen MR) is 94.4 cm³/mol. The molecule has 0 aliphatic carbocycles. The van der Waals surface area contributed by atoms with Crippen molar-refractivity contribution in [2.75, 3.05) is 13.7 Å². The summed E-state index contributed by atoms with van der Waals surface area (Å²) in [6.07, 6.45) is 2.30. The molecule has 0 saturated heterocycles. The summed E-state index contributed by atoms with van der Waals surface area (Å²) < 4.78 is 12.6. The second-order valence-corrected chi connectivity index (χ2v) is 5.63. The molecule has 1 heterocycles. The van der Waals surface area contributed by atoms with E-state index in [1.807, 2.05) is 49.5 Å². The first-order valence-electron chi connectivity index (χ1n) is 8.06. The lowest BCUT2D eigenvalue weighted by molar-refractivity contribution is -0.142. The van der Waals surface area contributed by atoms with Crippen LogP contribution in [-0.4, -0.2) is 24.3 Å². The van der Waals surface area contributed by atoms with Gasteiger partial charge >= 0.3 is 5.97 Å². The Kier molecular flexibility index (Phi) is 4.85. The highest BCUT2D eigenvalue weighted by Gasteiger charge is 2.14. The van der Waals surface area contributed by atoms with Crippen molar-refractivity contribution in [3.8, 4) is 5.75 Å². The minimum absolute atomic E-state index is 0.209. The molecule has 4 heteroatoms. The first-order valence-corrected chi connectivity index (χ1v) is 8.06. The number of nitrogens with zero attached hydrogens (tertiary/aromatic N) is 1. The van der Waals surface area contributed by atoms with Crippen LogP contribution in [0.5, 0.6) is 5.75 Å². The SMILES string of the molecule is CCOC(=O)Cc1cn(Cc2ccccc2)c2ccc(OC)cc12. The number of ether oxygens (including phenoxy) is 2. The number of esters is 1. The Hall–Kier alpha value is -2.75. The molecule has 0 saturated carbocycles. The highest BCUT2D eigenvalue weighted by atomic mass is 16.5. The molecule has 2 aromatic carbocycles. The van der Waals surface area contributed by atoms with Gasteiger partial charge in [-0.25, -0.2) is 0 Å². The number of carbonyl (C=O) groups excluding carboxylic acids is 1. The highest BCUT2D eigenvalue weighted by Crippen LogP contribution is 2.27. The summed E-state index contributed by atoms with van der Waals surface area (Å²) >= 11 is 0. The zero-order chi connectivity index (χ0) is 16.9. The normalized spacial score (nSPS) is 10.8. The van der Waals surface area contributed by atoms with E-state index in [9.17, 15) is 4.79 Å². The molecule has 24 heavy (non-hydrogen) atoms. The molecule has 124 valence electrons. The third-order valence-corrected chi connectivity index (χ3v) is 4.01. The molecule has 0 atom stereocenters. The van der Waals surface area contributed by atoms with Crippen molar-refractivity contribution < 1.29 is 14.3 Å². The average Bonchev–Trinajstić information content (AvgIpc) is 2.92. The lowest BCUT2D eigenvalue weighted by atomic mass is 10.1. The molecule has 0 spiro atoms. The fourth-order valence-corrected chi connectivity index (χ4v) is 2.90. The summed E-state index contributed by atoms with van der Waals surface area (Å²) in [7, 11) is 1.65. The summed E-state index contributed by atoms with van der Waals surface area (Å²) in [6.45, 7) is 2.97. The molecule has 0 unspecified atom stereocenters. The Morgan fingerprint density at radius 3 is 2.62 bits per heavy atom. The van der Waals surface area contributed by atoms with Crippen LogP contribution in [0.15, 0.2) is 54.7 Å². The maximum Gasteiger partial charge on any atom is 0.310 e. The number of aromatic nitrogens is 1. The molecule has 0 aliphatic rings. The lowest BCUT2D eigenvalue weighted by Gasteiger charge is -2.06. The van der Waals surface area contributed by atoms with Gasteiger partial charge < -0.3 is 14.0 Å². The number of benzene rings is 2. The van der Waals surface area contributed by atoms with Gasteiger partial charge in [0, 0.05) is 23.6 Å². The first kappa shape index (κ1) is 16.1. The standard InChI is InChI=1S/C20H21NO3/c1-3-24-20(22)11-16-14-21(13-15-7-5-4-6-8-15)19-10-9-17(23-2)12-18(16)19/h4-10,12,14H,3,11,13H2,1-2H3. The summed E-state index contributed by atoms with van der Waals surface area (Å²) in [5.74, 6) is 0.573. The minimum atomic E-state index is -0.209. The monoisotopic (exact) mass is 323 g/mol. The van der Waals surface area contributed by atoms with E-state index in [4.69, 9.17) is 9.47 Å². The van der Waals surface area contributed by atoms with E-state index < -0.39 is 0 Å². The lowest BCUT2D eigenvalue weighted by Crippen LogP contribution is -2.07. The van der Waals surface area contributed by atoms with E-state index in [0.29, 0.717) is 6.61 Å². The van der Waals surface area contributed by atoms with Crippen LogP contribution in [0, 0.1) is 0 Å².